The Labute approximate surface area is 162 Å². The zero-order valence-electron chi connectivity index (χ0n) is 17.7. The Balaban J connectivity index is 1.89. The van der Waals surface area contributed by atoms with Crippen LogP contribution in [-0.2, 0) is 11.8 Å². The summed E-state index contributed by atoms with van der Waals surface area (Å²) in [6.45, 7) is 9.31. The molecule has 25 heavy (non-hydrogen) atoms. The lowest BCUT2D eigenvalue weighted by molar-refractivity contribution is 0.534. The molecule has 1 aromatic rings. The van der Waals surface area contributed by atoms with Crippen LogP contribution in [0.5, 0.6) is 0 Å². The van der Waals surface area contributed by atoms with E-state index in [0.717, 1.165) is 0 Å². The van der Waals surface area contributed by atoms with Crippen LogP contribution < -0.4 is 0 Å². The topological polar surface area (TPSA) is 0 Å². The van der Waals surface area contributed by atoms with Gasteiger partial charge in [-0.2, -0.15) is 11.3 Å². The van der Waals surface area contributed by atoms with Crippen molar-refractivity contribution in [1.82, 2.24) is 0 Å². The first-order valence-electron chi connectivity index (χ1n) is 11.1. The SMILES string of the molecule is CCCCCCCCCCCCCCCCc1cscc1C(C)(C)C. The van der Waals surface area contributed by atoms with E-state index in [1.165, 1.54) is 96.3 Å². The molecule has 1 heteroatoms. The van der Waals surface area contributed by atoms with E-state index in [1.54, 1.807) is 11.1 Å². The molecule has 1 rings (SSSR count). The van der Waals surface area contributed by atoms with Gasteiger partial charge in [-0.05, 0) is 40.1 Å². The average Bonchev–Trinajstić information content (AvgIpc) is 3.04. The fourth-order valence-corrected chi connectivity index (χ4v) is 4.80. The first-order chi connectivity index (χ1) is 12.1. The number of aryl methyl sites for hydroxylation is 1. The van der Waals surface area contributed by atoms with Gasteiger partial charge in [0.2, 0.25) is 0 Å². The molecule has 146 valence electrons. The Kier molecular flexibility index (Phi) is 12.6. The summed E-state index contributed by atoms with van der Waals surface area (Å²) < 4.78 is 0. The van der Waals surface area contributed by atoms with Gasteiger partial charge in [0.15, 0.2) is 0 Å². The minimum absolute atomic E-state index is 0.311. The molecule has 0 saturated carbocycles. The molecular weight excluding hydrogens is 320 g/mol. The normalized spacial score (nSPS) is 12.0. The number of rotatable bonds is 15. The molecule has 0 amide bonds. The summed E-state index contributed by atoms with van der Waals surface area (Å²) in [5, 5.41) is 4.74. The van der Waals surface area contributed by atoms with Gasteiger partial charge in [-0.15, -0.1) is 0 Å². The zero-order valence-corrected chi connectivity index (χ0v) is 18.5. The van der Waals surface area contributed by atoms with E-state index in [4.69, 9.17) is 0 Å². The van der Waals surface area contributed by atoms with Gasteiger partial charge in [0.25, 0.3) is 0 Å². The summed E-state index contributed by atoms with van der Waals surface area (Å²) >= 11 is 1.88. The molecule has 0 aliphatic rings. The van der Waals surface area contributed by atoms with Crippen molar-refractivity contribution in [3.05, 3.63) is 21.9 Å². The predicted molar refractivity (Wildman–Crippen MR) is 117 cm³/mol. The van der Waals surface area contributed by atoms with Crippen molar-refractivity contribution in [2.75, 3.05) is 0 Å². The van der Waals surface area contributed by atoms with E-state index in [9.17, 15) is 0 Å². The van der Waals surface area contributed by atoms with Crippen molar-refractivity contribution in [2.45, 2.75) is 129 Å². The maximum Gasteiger partial charge on any atom is -0.00531 e. The summed E-state index contributed by atoms with van der Waals surface area (Å²) in [5.74, 6) is 0. The summed E-state index contributed by atoms with van der Waals surface area (Å²) in [6, 6.07) is 0. The Bertz CT molecular complexity index is 410. The second kappa shape index (κ2) is 13.8. The molecule has 0 spiro atoms. The standard InChI is InChI=1S/C24H44S/c1-5-6-7-8-9-10-11-12-13-14-15-16-17-18-19-22-20-25-21-23(22)24(2,3)4/h20-21H,5-19H2,1-4H3. The third-order valence-corrected chi connectivity index (χ3v) is 6.14. The predicted octanol–water partition coefficient (Wildman–Crippen LogP) is 9.07. The van der Waals surface area contributed by atoms with Gasteiger partial charge < -0.3 is 0 Å². The largest absolute Gasteiger partial charge is 0.152 e. The van der Waals surface area contributed by atoms with Gasteiger partial charge in [-0.1, -0.05) is 111 Å². The van der Waals surface area contributed by atoms with Crippen molar-refractivity contribution < 1.29 is 0 Å². The molecule has 0 unspecified atom stereocenters. The molecule has 0 bridgehead atoms. The fraction of sp³-hybridized carbons (Fsp3) is 0.833. The molecular formula is C24H44S. The first kappa shape index (κ1) is 22.7. The van der Waals surface area contributed by atoms with Crippen LogP contribution in [0.3, 0.4) is 0 Å². The lowest BCUT2D eigenvalue weighted by Crippen LogP contribution is -2.12. The van der Waals surface area contributed by atoms with E-state index in [2.05, 4.69) is 38.5 Å². The molecule has 1 heterocycles. The van der Waals surface area contributed by atoms with Gasteiger partial charge in [0.1, 0.15) is 0 Å². The van der Waals surface area contributed by atoms with Crippen LogP contribution in [0.2, 0.25) is 0 Å². The van der Waals surface area contributed by atoms with E-state index >= 15 is 0 Å². The molecule has 0 aliphatic heterocycles. The van der Waals surface area contributed by atoms with Crippen molar-refractivity contribution in [1.29, 1.82) is 0 Å². The van der Waals surface area contributed by atoms with Crippen LogP contribution >= 0.6 is 11.3 Å². The Morgan fingerprint density at radius 3 is 1.52 bits per heavy atom. The van der Waals surface area contributed by atoms with Crippen LogP contribution in [0, 0.1) is 0 Å². The lowest BCUT2D eigenvalue weighted by atomic mass is 9.85. The highest BCUT2D eigenvalue weighted by Crippen LogP contribution is 2.30. The van der Waals surface area contributed by atoms with Crippen molar-refractivity contribution in [3.8, 4) is 0 Å². The Hall–Kier alpha value is -0.300. The molecule has 0 N–H and O–H groups in total. The van der Waals surface area contributed by atoms with Gasteiger partial charge in [-0.25, -0.2) is 0 Å². The molecule has 0 aliphatic carbocycles. The molecule has 0 saturated heterocycles. The van der Waals surface area contributed by atoms with Gasteiger partial charge in [0, 0.05) is 0 Å². The lowest BCUT2D eigenvalue weighted by Gasteiger charge is -2.19. The molecule has 0 aromatic carbocycles. The summed E-state index contributed by atoms with van der Waals surface area (Å²) in [5.41, 5.74) is 3.49. The smallest absolute Gasteiger partial charge is 0.00531 e. The van der Waals surface area contributed by atoms with E-state index in [0.29, 0.717) is 5.41 Å². The first-order valence-corrected chi connectivity index (χ1v) is 12.1. The van der Waals surface area contributed by atoms with Crippen LogP contribution in [0.4, 0.5) is 0 Å². The van der Waals surface area contributed by atoms with E-state index in [-0.39, 0.29) is 0 Å². The maximum absolute atomic E-state index is 2.38. The summed E-state index contributed by atoms with van der Waals surface area (Å²) in [7, 11) is 0. The van der Waals surface area contributed by atoms with Crippen LogP contribution in [0.25, 0.3) is 0 Å². The number of hydrogen-bond donors (Lipinski definition) is 0. The van der Waals surface area contributed by atoms with Crippen molar-refractivity contribution in [3.63, 3.8) is 0 Å². The van der Waals surface area contributed by atoms with Crippen molar-refractivity contribution >= 4 is 11.3 Å². The fourth-order valence-electron chi connectivity index (χ4n) is 3.69. The van der Waals surface area contributed by atoms with Gasteiger partial charge in [-0.3, -0.25) is 0 Å². The van der Waals surface area contributed by atoms with Gasteiger partial charge >= 0.3 is 0 Å². The number of hydrogen-bond acceptors (Lipinski definition) is 1. The van der Waals surface area contributed by atoms with Crippen molar-refractivity contribution in [2.24, 2.45) is 0 Å². The molecule has 0 nitrogen and oxygen atoms in total. The third-order valence-electron chi connectivity index (χ3n) is 5.35. The Morgan fingerprint density at radius 1 is 0.640 bits per heavy atom. The Morgan fingerprint density at radius 2 is 1.08 bits per heavy atom. The summed E-state index contributed by atoms with van der Waals surface area (Å²) in [6.07, 6.45) is 21.5. The molecule has 0 radical (unpaired) electrons. The van der Waals surface area contributed by atoms with Crippen LogP contribution in [0.1, 0.15) is 129 Å². The second-order valence-corrected chi connectivity index (χ2v) is 9.65. The second-order valence-electron chi connectivity index (χ2n) is 8.91. The zero-order chi connectivity index (χ0) is 18.4. The number of unbranched alkanes of at least 4 members (excludes halogenated alkanes) is 13. The minimum Gasteiger partial charge on any atom is -0.152 e. The highest BCUT2D eigenvalue weighted by atomic mass is 32.1. The van der Waals surface area contributed by atoms with E-state index < -0.39 is 0 Å². The number of thiophene rings is 1. The molecule has 0 fully saturated rings. The highest BCUT2D eigenvalue weighted by Gasteiger charge is 2.18. The highest BCUT2D eigenvalue weighted by molar-refractivity contribution is 7.08. The summed E-state index contributed by atoms with van der Waals surface area (Å²) in [4.78, 5) is 0. The minimum atomic E-state index is 0.311. The quantitative estimate of drug-likeness (QED) is 0.272. The maximum atomic E-state index is 2.38. The van der Waals surface area contributed by atoms with Gasteiger partial charge in [0.05, 0.1) is 0 Å². The van der Waals surface area contributed by atoms with Crippen LogP contribution in [0.15, 0.2) is 10.8 Å². The molecule has 0 atom stereocenters. The third kappa shape index (κ3) is 11.1. The van der Waals surface area contributed by atoms with E-state index in [1.807, 2.05) is 11.3 Å². The average molecular weight is 365 g/mol. The molecule has 1 aromatic heterocycles. The van der Waals surface area contributed by atoms with Crippen LogP contribution in [-0.4, -0.2) is 0 Å². The monoisotopic (exact) mass is 364 g/mol.